The highest BCUT2D eigenvalue weighted by molar-refractivity contribution is 6.08. The van der Waals surface area contributed by atoms with Gasteiger partial charge in [0.05, 0.1) is 0 Å². The van der Waals surface area contributed by atoms with E-state index < -0.39 is 12.6 Å². The molecule has 4 nitrogen and oxygen atoms in total. The van der Waals surface area contributed by atoms with E-state index in [0.29, 0.717) is 11.5 Å². The molecule has 0 amide bonds. The van der Waals surface area contributed by atoms with Crippen molar-refractivity contribution in [3.8, 4) is 22.6 Å². The van der Waals surface area contributed by atoms with Gasteiger partial charge in [0.15, 0.2) is 24.1 Å². The third-order valence-corrected chi connectivity index (χ3v) is 4.61. The van der Waals surface area contributed by atoms with Gasteiger partial charge in [-0.3, -0.25) is 0 Å². The topological polar surface area (TPSA) is 58.9 Å². The van der Waals surface area contributed by atoms with Gasteiger partial charge in [-0.15, -0.1) is 0 Å². The molecule has 0 aliphatic heterocycles. The van der Waals surface area contributed by atoms with Gasteiger partial charge in [0, 0.05) is 5.56 Å². The first-order valence-electron chi connectivity index (χ1n) is 9.28. The predicted octanol–water partition coefficient (Wildman–Crippen LogP) is 5.09. The second-order valence-electron chi connectivity index (χ2n) is 6.76. The normalized spacial score (nSPS) is 13.4. The van der Waals surface area contributed by atoms with E-state index in [4.69, 9.17) is 9.47 Å². The van der Waals surface area contributed by atoms with Crippen LogP contribution >= 0.6 is 0 Å². The van der Waals surface area contributed by atoms with Gasteiger partial charge in [0.25, 0.3) is 0 Å². The molecule has 4 aromatic rings. The molecule has 4 aromatic carbocycles. The van der Waals surface area contributed by atoms with Crippen LogP contribution in [0, 0.1) is 0 Å². The van der Waals surface area contributed by atoms with Gasteiger partial charge in [-0.05, 0) is 47.0 Å². The maximum Gasteiger partial charge on any atom is 0.194 e. The van der Waals surface area contributed by atoms with Crippen LogP contribution in [-0.4, -0.2) is 22.8 Å². The van der Waals surface area contributed by atoms with Crippen LogP contribution in [0.3, 0.4) is 0 Å². The molecule has 0 aromatic heterocycles. The van der Waals surface area contributed by atoms with Gasteiger partial charge >= 0.3 is 0 Å². The molecule has 0 radical (unpaired) electrons. The number of hydrogen-bond donors (Lipinski definition) is 2. The molecule has 0 fully saturated rings. The van der Waals surface area contributed by atoms with Crippen LogP contribution in [0.5, 0.6) is 11.5 Å². The largest absolute Gasteiger partial charge is 0.462 e. The zero-order valence-electron chi connectivity index (χ0n) is 15.8. The Morgan fingerprint density at radius 1 is 0.679 bits per heavy atom. The Kier molecular flexibility index (Phi) is 4.90. The highest BCUT2D eigenvalue weighted by atomic mass is 16.6. The lowest BCUT2D eigenvalue weighted by Gasteiger charge is -2.22. The van der Waals surface area contributed by atoms with Gasteiger partial charge in [-0.2, -0.15) is 0 Å². The average molecular weight is 374 g/mol. The fourth-order valence-electron chi connectivity index (χ4n) is 3.57. The Hall–Kier alpha value is -3.08. The molecule has 28 heavy (non-hydrogen) atoms. The minimum Gasteiger partial charge on any atom is -0.462 e. The summed E-state index contributed by atoms with van der Waals surface area (Å²) in [6.07, 6.45) is -2.05. The van der Waals surface area contributed by atoms with Crippen molar-refractivity contribution in [2.24, 2.45) is 0 Å². The molecule has 0 aliphatic carbocycles. The van der Waals surface area contributed by atoms with Crippen LogP contribution in [-0.2, 0) is 0 Å². The molecule has 2 N–H and O–H groups in total. The van der Waals surface area contributed by atoms with Crippen LogP contribution in [0.25, 0.3) is 32.7 Å². The summed E-state index contributed by atoms with van der Waals surface area (Å²) in [7, 11) is 0. The van der Waals surface area contributed by atoms with Crippen molar-refractivity contribution < 1.29 is 19.7 Å². The van der Waals surface area contributed by atoms with Crippen LogP contribution in [0.2, 0.25) is 0 Å². The van der Waals surface area contributed by atoms with Crippen LogP contribution in [0.15, 0.2) is 72.8 Å². The second-order valence-corrected chi connectivity index (χ2v) is 6.76. The number of aliphatic hydroxyl groups is 2. The highest BCUT2D eigenvalue weighted by Gasteiger charge is 2.21. The number of aliphatic hydroxyl groups excluding tert-OH is 2. The van der Waals surface area contributed by atoms with Crippen LogP contribution in [0.4, 0.5) is 0 Å². The first-order chi connectivity index (χ1) is 13.5. The zero-order valence-corrected chi connectivity index (χ0v) is 15.8. The molecule has 0 heterocycles. The quantitative estimate of drug-likeness (QED) is 0.478. The number of benzene rings is 4. The first-order valence-corrected chi connectivity index (χ1v) is 9.28. The Bertz CT molecular complexity index is 1130. The van der Waals surface area contributed by atoms with Gasteiger partial charge in [0.2, 0.25) is 0 Å². The van der Waals surface area contributed by atoms with Crippen LogP contribution in [0.1, 0.15) is 13.8 Å². The highest BCUT2D eigenvalue weighted by Crippen LogP contribution is 2.46. The fourth-order valence-corrected chi connectivity index (χ4v) is 3.57. The third-order valence-electron chi connectivity index (χ3n) is 4.61. The van der Waals surface area contributed by atoms with Crippen molar-refractivity contribution in [1.29, 1.82) is 0 Å². The molecule has 0 saturated carbocycles. The van der Waals surface area contributed by atoms with Crippen molar-refractivity contribution in [2.45, 2.75) is 26.4 Å². The maximum absolute atomic E-state index is 9.98. The number of hydrogen-bond acceptors (Lipinski definition) is 4. The van der Waals surface area contributed by atoms with E-state index >= 15 is 0 Å². The van der Waals surface area contributed by atoms with E-state index in [9.17, 15) is 10.2 Å². The molecule has 4 heteroatoms. The predicted molar refractivity (Wildman–Crippen MR) is 112 cm³/mol. The maximum atomic E-state index is 9.98. The smallest absolute Gasteiger partial charge is 0.194 e. The lowest BCUT2D eigenvalue weighted by atomic mass is 9.92. The van der Waals surface area contributed by atoms with E-state index in [2.05, 4.69) is 18.2 Å². The van der Waals surface area contributed by atoms with E-state index in [1.165, 1.54) is 0 Å². The molecule has 2 unspecified atom stereocenters. The van der Waals surface area contributed by atoms with E-state index in [-0.39, 0.29) is 0 Å². The van der Waals surface area contributed by atoms with Gasteiger partial charge < -0.3 is 19.7 Å². The molecule has 4 rings (SSSR count). The Morgan fingerprint density at radius 2 is 1.29 bits per heavy atom. The Morgan fingerprint density at radius 3 is 2.00 bits per heavy atom. The Labute approximate surface area is 163 Å². The summed E-state index contributed by atoms with van der Waals surface area (Å²) in [5.41, 5.74) is 1.80. The summed E-state index contributed by atoms with van der Waals surface area (Å²) in [6, 6.07) is 24.0. The minimum atomic E-state index is -1.04. The molecule has 0 saturated heterocycles. The average Bonchev–Trinajstić information content (AvgIpc) is 2.67. The number of ether oxygens (including phenoxy) is 2. The Balaban J connectivity index is 2.12. The van der Waals surface area contributed by atoms with E-state index in [1.54, 1.807) is 13.8 Å². The van der Waals surface area contributed by atoms with E-state index in [1.807, 2.05) is 54.6 Å². The SMILES string of the molecule is CC(O)Oc1cc2ccccc2c(-c2cccc3ccccc23)c1OC(C)O. The standard InChI is InChI=1S/C24H22O4/c1-15(25)27-22-14-18-9-4-6-12-20(18)23(24(22)28-16(2)26)21-13-7-10-17-8-3-5-11-19(17)21/h3-16,25-26H,1-2H3. The van der Waals surface area contributed by atoms with Gasteiger partial charge in [-0.25, -0.2) is 0 Å². The molecule has 0 bridgehead atoms. The van der Waals surface area contributed by atoms with Crippen molar-refractivity contribution in [1.82, 2.24) is 0 Å². The van der Waals surface area contributed by atoms with Gasteiger partial charge in [0.1, 0.15) is 0 Å². The second kappa shape index (κ2) is 7.50. The first kappa shape index (κ1) is 18.3. The summed E-state index contributed by atoms with van der Waals surface area (Å²) in [5.74, 6) is 0.795. The minimum absolute atomic E-state index is 0.387. The zero-order chi connectivity index (χ0) is 19.7. The fraction of sp³-hybridized carbons (Fsp3) is 0.167. The lowest BCUT2D eigenvalue weighted by molar-refractivity contribution is -0.0205. The van der Waals surface area contributed by atoms with Crippen molar-refractivity contribution >= 4 is 21.5 Å². The lowest BCUT2D eigenvalue weighted by Crippen LogP contribution is -2.15. The summed E-state index contributed by atoms with van der Waals surface area (Å²) < 4.78 is 11.5. The summed E-state index contributed by atoms with van der Waals surface area (Å²) >= 11 is 0. The van der Waals surface area contributed by atoms with E-state index in [0.717, 1.165) is 32.7 Å². The molecule has 142 valence electrons. The van der Waals surface area contributed by atoms with Crippen LogP contribution < -0.4 is 9.47 Å². The molecule has 2 atom stereocenters. The van der Waals surface area contributed by atoms with Gasteiger partial charge in [-0.1, -0.05) is 66.7 Å². The summed E-state index contributed by atoms with van der Waals surface area (Å²) in [6.45, 7) is 3.09. The van der Waals surface area contributed by atoms with Crippen molar-refractivity contribution in [2.75, 3.05) is 0 Å². The molecular weight excluding hydrogens is 352 g/mol. The number of rotatable bonds is 5. The van der Waals surface area contributed by atoms with Crippen molar-refractivity contribution in [3.63, 3.8) is 0 Å². The van der Waals surface area contributed by atoms with Crippen molar-refractivity contribution in [3.05, 3.63) is 72.8 Å². The summed E-state index contributed by atoms with van der Waals surface area (Å²) in [5, 5.41) is 23.9. The molecule has 0 aliphatic rings. The number of fused-ring (bicyclic) bond motifs is 2. The molecular formula is C24H22O4. The monoisotopic (exact) mass is 374 g/mol. The summed E-state index contributed by atoms with van der Waals surface area (Å²) in [4.78, 5) is 0. The molecule has 0 spiro atoms. The third kappa shape index (κ3) is 3.40.